The average molecular weight is 779 g/mol. The number of hydrogen-bond acceptors (Lipinski definition) is 10. The number of benzene rings is 2. The Hall–Kier alpha value is -4.98. The van der Waals surface area contributed by atoms with Gasteiger partial charge in [-0.2, -0.15) is 0 Å². The van der Waals surface area contributed by atoms with E-state index in [0.29, 0.717) is 13.0 Å². The lowest BCUT2D eigenvalue weighted by molar-refractivity contribution is -0.124. The molecule has 0 saturated carbocycles. The van der Waals surface area contributed by atoms with Gasteiger partial charge in [-0.05, 0) is 30.2 Å². The average Bonchev–Trinajstić information content (AvgIpc) is 3.57. The van der Waals surface area contributed by atoms with Gasteiger partial charge in [-0.25, -0.2) is 9.36 Å². The highest BCUT2D eigenvalue weighted by molar-refractivity contribution is 7.46. The third-order valence-electron chi connectivity index (χ3n) is 8.92. The molecule has 0 spiro atoms. The summed E-state index contributed by atoms with van der Waals surface area (Å²) in [4.78, 5) is 85.0. The Morgan fingerprint density at radius 1 is 1.02 bits per heavy atom. The van der Waals surface area contributed by atoms with Gasteiger partial charge >= 0.3 is 13.5 Å². The molecule has 3 heterocycles. The summed E-state index contributed by atoms with van der Waals surface area (Å²) in [5.74, 6) is 5.85. The molecule has 1 saturated heterocycles. The molecule has 3 unspecified atom stereocenters. The van der Waals surface area contributed by atoms with E-state index in [4.69, 9.17) is 24.0 Å². The van der Waals surface area contributed by atoms with E-state index in [1.54, 1.807) is 4.90 Å². The molecule has 2 amide bonds. The predicted octanol–water partition coefficient (Wildman–Crippen LogP) is 2.56. The van der Waals surface area contributed by atoms with E-state index in [2.05, 4.69) is 26.7 Å². The number of amides is 2. The smallest absolute Gasteiger partial charge is 0.381 e. The molecule has 3 aromatic rings. The molecule has 0 bridgehead atoms. The second-order valence-corrected chi connectivity index (χ2v) is 14.0. The van der Waals surface area contributed by atoms with Crippen LogP contribution in [0, 0.1) is 11.8 Å². The number of H-pyrrole nitrogens is 1. The van der Waals surface area contributed by atoms with Crippen LogP contribution in [0.25, 0.3) is 6.08 Å². The van der Waals surface area contributed by atoms with Gasteiger partial charge < -0.3 is 34.2 Å². The summed E-state index contributed by atoms with van der Waals surface area (Å²) in [7, 11) is -3.37. The zero-order valence-corrected chi connectivity index (χ0v) is 31.1. The first kappa shape index (κ1) is 41.2. The van der Waals surface area contributed by atoms with Crippen molar-refractivity contribution < 1.29 is 47.5 Å². The highest BCUT2D eigenvalue weighted by Crippen LogP contribution is 2.38. The van der Waals surface area contributed by atoms with Crippen molar-refractivity contribution in [1.29, 1.82) is 0 Å². The van der Waals surface area contributed by atoms with Crippen molar-refractivity contribution in [2.45, 2.75) is 63.5 Å². The Morgan fingerprint density at radius 2 is 1.76 bits per heavy atom. The van der Waals surface area contributed by atoms with Crippen molar-refractivity contribution in [3.63, 3.8) is 0 Å². The van der Waals surface area contributed by atoms with E-state index in [1.807, 2.05) is 48.5 Å². The second-order valence-electron chi connectivity index (χ2n) is 12.8. The van der Waals surface area contributed by atoms with Crippen LogP contribution in [0.2, 0.25) is 0 Å². The Morgan fingerprint density at radius 3 is 2.55 bits per heavy atom. The van der Waals surface area contributed by atoms with Crippen LogP contribution in [0.5, 0.6) is 0 Å². The van der Waals surface area contributed by atoms with Gasteiger partial charge in [0.05, 0.1) is 37.1 Å². The molecule has 292 valence electrons. The number of phosphoric ester groups is 1. The number of aromatic nitrogens is 2. The van der Waals surface area contributed by atoms with Crippen LogP contribution in [-0.2, 0) is 44.2 Å². The molecule has 1 fully saturated rings. The van der Waals surface area contributed by atoms with Crippen molar-refractivity contribution in [3.05, 3.63) is 104 Å². The highest BCUT2D eigenvalue weighted by Gasteiger charge is 2.38. The number of ether oxygens (including phenoxy) is 3. The van der Waals surface area contributed by atoms with Gasteiger partial charge in [-0.15, -0.1) is 0 Å². The summed E-state index contributed by atoms with van der Waals surface area (Å²) >= 11 is 0. The van der Waals surface area contributed by atoms with Gasteiger partial charge in [0.25, 0.3) is 5.56 Å². The molecule has 17 heteroatoms. The van der Waals surface area contributed by atoms with E-state index >= 15 is 0 Å². The molecular formula is C38H43N4O12P. The van der Waals surface area contributed by atoms with Crippen molar-refractivity contribution in [2.75, 3.05) is 38.4 Å². The SMILES string of the molecule is COC1CC(n2cc(/C=C/CNC(=O)CCOCCCC(=O)CCC(=O)N3Cc4ccccc4C#Cc4ccccc43)c(=O)[nH]c2=O)OC1COP(=O)(O)O. The lowest BCUT2D eigenvalue weighted by Gasteiger charge is -2.26. The minimum Gasteiger partial charge on any atom is -0.381 e. The summed E-state index contributed by atoms with van der Waals surface area (Å²) in [6.07, 6.45) is 2.91. The Kier molecular flexibility index (Phi) is 14.6. The van der Waals surface area contributed by atoms with Gasteiger partial charge in [0.1, 0.15) is 18.1 Å². The third kappa shape index (κ3) is 12.0. The van der Waals surface area contributed by atoms with Crippen LogP contribution >= 0.6 is 7.82 Å². The number of aromatic amines is 1. The number of carbonyl (C=O) groups is 3. The maximum absolute atomic E-state index is 13.3. The Bertz CT molecular complexity index is 2110. The molecule has 55 heavy (non-hydrogen) atoms. The summed E-state index contributed by atoms with van der Waals surface area (Å²) in [6, 6.07) is 15.2. The number of fused-ring (bicyclic) bond motifs is 2. The quantitative estimate of drug-likeness (QED) is 0.0833. The fourth-order valence-corrected chi connectivity index (χ4v) is 6.41. The van der Waals surface area contributed by atoms with Crippen molar-refractivity contribution in [3.8, 4) is 11.8 Å². The van der Waals surface area contributed by atoms with Crippen LogP contribution in [0.15, 0.2) is 70.4 Å². The number of carbonyl (C=O) groups excluding carboxylic acids is 3. The zero-order chi connectivity index (χ0) is 39.4. The molecule has 5 rings (SSSR count). The number of hydrogen-bond donors (Lipinski definition) is 4. The number of Topliss-reactive ketones (excluding diaryl/α,β-unsaturated/α-hetero) is 1. The maximum atomic E-state index is 13.3. The van der Waals surface area contributed by atoms with E-state index in [9.17, 15) is 28.5 Å². The van der Waals surface area contributed by atoms with Crippen molar-refractivity contribution in [2.24, 2.45) is 0 Å². The molecule has 2 aromatic carbocycles. The molecule has 0 aliphatic carbocycles. The standard InChI is InChI=1S/C38H43N4O12P/c1-51-32-22-36(54-33(32)25-53-55(48,49)50)42-24-29(37(46)40-38(42)47)11-6-19-39-34(44)18-21-52-20-7-12-30(43)16-17-35(45)41-23-28-10-3-2-8-26(28)14-15-27-9-4-5-13-31(27)41/h2-6,8-11,13,24,32-33,36H,7,12,16-23,25H2,1H3,(H,39,44)(H,40,46,47)(H2,48,49,50)/b11-6+. The molecule has 0 radical (unpaired) electrons. The summed E-state index contributed by atoms with van der Waals surface area (Å²) < 4.78 is 33.3. The number of rotatable bonds is 18. The van der Waals surface area contributed by atoms with E-state index in [1.165, 1.54) is 25.5 Å². The fourth-order valence-electron chi connectivity index (χ4n) is 6.07. The monoisotopic (exact) mass is 778 g/mol. The fraction of sp³-hybridized carbons (Fsp3) is 0.395. The molecular weight excluding hydrogens is 735 g/mol. The maximum Gasteiger partial charge on any atom is 0.469 e. The number of anilines is 1. The van der Waals surface area contributed by atoms with E-state index in [-0.39, 0.29) is 75.0 Å². The lowest BCUT2D eigenvalue weighted by atomic mass is 10.0. The second kappa shape index (κ2) is 19.6. The normalized spacial score (nSPS) is 17.8. The molecule has 4 N–H and O–H groups in total. The van der Waals surface area contributed by atoms with Crippen LogP contribution in [-0.4, -0.2) is 82.6 Å². The van der Waals surface area contributed by atoms with Gasteiger partial charge in [0.2, 0.25) is 11.8 Å². The van der Waals surface area contributed by atoms with Crippen molar-refractivity contribution in [1.82, 2.24) is 14.9 Å². The molecule has 16 nitrogen and oxygen atoms in total. The first-order chi connectivity index (χ1) is 26.4. The minimum atomic E-state index is -4.75. The molecule has 2 aliphatic rings. The van der Waals surface area contributed by atoms with Crippen LogP contribution < -0.4 is 21.5 Å². The molecule has 3 atom stereocenters. The van der Waals surface area contributed by atoms with Crippen LogP contribution in [0.1, 0.15) is 67.0 Å². The molecule has 1 aromatic heterocycles. The third-order valence-corrected chi connectivity index (χ3v) is 9.40. The zero-order valence-electron chi connectivity index (χ0n) is 30.2. The van der Waals surface area contributed by atoms with E-state index < -0.39 is 44.1 Å². The number of nitrogens with zero attached hydrogens (tertiary/aromatic N) is 2. The minimum absolute atomic E-state index is 0.0526. The highest BCUT2D eigenvalue weighted by atomic mass is 31.2. The Balaban J connectivity index is 0.986. The van der Waals surface area contributed by atoms with Gasteiger partial charge in [0, 0.05) is 69.7 Å². The predicted molar refractivity (Wildman–Crippen MR) is 200 cm³/mol. The van der Waals surface area contributed by atoms with Gasteiger partial charge in [0.15, 0.2) is 0 Å². The first-order valence-corrected chi connectivity index (χ1v) is 19.2. The summed E-state index contributed by atoms with van der Waals surface area (Å²) in [6.45, 7) is 0.381. The first-order valence-electron chi connectivity index (χ1n) is 17.7. The number of ketones is 1. The molecule has 2 aliphatic heterocycles. The number of nitrogens with one attached hydrogen (secondary N) is 2. The largest absolute Gasteiger partial charge is 0.469 e. The lowest BCUT2D eigenvalue weighted by Crippen LogP contribution is -2.33. The van der Waals surface area contributed by atoms with Gasteiger partial charge in [-0.1, -0.05) is 54.3 Å². The number of phosphoric acid groups is 1. The van der Waals surface area contributed by atoms with E-state index in [0.717, 1.165) is 26.9 Å². The van der Waals surface area contributed by atoms with Gasteiger partial charge in [-0.3, -0.25) is 33.3 Å². The number of methoxy groups -OCH3 is 1. The topological polar surface area (TPSA) is 216 Å². The summed E-state index contributed by atoms with van der Waals surface area (Å²) in [5.41, 5.74) is 1.97. The Labute approximate surface area is 316 Å². The van der Waals surface area contributed by atoms with Crippen LogP contribution in [0.3, 0.4) is 0 Å². The summed E-state index contributed by atoms with van der Waals surface area (Å²) in [5, 5.41) is 2.68. The van der Waals surface area contributed by atoms with Crippen molar-refractivity contribution >= 4 is 37.2 Å². The number of para-hydroxylation sites is 1. The van der Waals surface area contributed by atoms with Crippen LogP contribution in [0.4, 0.5) is 5.69 Å².